The normalized spacial score (nSPS) is 18.9. The number of nitrogens with one attached hydrogen (secondary N) is 1. The summed E-state index contributed by atoms with van der Waals surface area (Å²) in [7, 11) is 0. The van der Waals surface area contributed by atoms with Crippen LogP contribution in [0.2, 0.25) is 0 Å². The first-order valence-electron chi connectivity index (χ1n) is 9.25. The van der Waals surface area contributed by atoms with Crippen molar-refractivity contribution in [1.82, 2.24) is 9.88 Å². The monoisotopic (exact) mass is 326 g/mol. The van der Waals surface area contributed by atoms with Gasteiger partial charge in [-0.2, -0.15) is 0 Å². The molecule has 0 atom stereocenters. The Morgan fingerprint density at radius 1 is 1.17 bits per heavy atom. The highest BCUT2D eigenvalue weighted by atomic mass is 15.1. The molecule has 0 saturated carbocycles. The molecule has 0 amide bonds. The number of anilines is 1. The van der Waals surface area contributed by atoms with E-state index < -0.39 is 0 Å². The molecule has 0 bridgehead atoms. The van der Waals surface area contributed by atoms with Crippen LogP contribution in [0.3, 0.4) is 0 Å². The number of hydrogen-bond acceptors (Lipinski definition) is 4. The third kappa shape index (κ3) is 3.70. The number of pyridine rings is 1. The molecule has 3 N–H and O–H groups in total. The zero-order valence-electron chi connectivity index (χ0n) is 14.7. The molecular weight excluding hydrogens is 296 g/mol. The fourth-order valence-corrected chi connectivity index (χ4v) is 3.86. The fraction of sp³-hybridized carbons (Fsp3) is 0.550. The summed E-state index contributed by atoms with van der Waals surface area (Å²) in [6.07, 6.45) is 10.7. The van der Waals surface area contributed by atoms with Gasteiger partial charge in [-0.1, -0.05) is 19.2 Å². The zero-order valence-corrected chi connectivity index (χ0v) is 14.7. The Hall–Kier alpha value is -1.65. The van der Waals surface area contributed by atoms with E-state index >= 15 is 0 Å². The fourth-order valence-electron chi connectivity index (χ4n) is 3.86. The van der Waals surface area contributed by atoms with Crippen LogP contribution in [0.25, 0.3) is 12.2 Å². The van der Waals surface area contributed by atoms with E-state index in [4.69, 9.17) is 10.7 Å². The predicted molar refractivity (Wildman–Crippen MR) is 103 cm³/mol. The molecule has 1 aliphatic heterocycles. The first-order chi connectivity index (χ1) is 11.7. The average Bonchev–Trinajstić information content (AvgIpc) is 2.62. The van der Waals surface area contributed by atoms with Gasteiger partial charge in [0.15, 0.2) is 0 Å². The molecule has 1 aromatic heterocycles. The average molecular weight is 326 g/mol. The van der Waals surface area contributed by atoms with E-state index in [9.17, 15) is 0 Å². The van der Waals surface area contributed by atoms with Crippen LogP contribution < -0.4 is 11.1 Å². The van der Waals surface area contributed by atoms with Crippen LogP contribution in [0, 0.1) is 0 Å². The van der Waals surface area contributed by atoms with Crippen LogP contribution in [0.5, 0.6) is 0 Å². The Bertz CT molecular complexity index is 600. The standard InChI is InChI=1S/C20H30N4/c1-3-16-18(4-2)23-19-8-6-5-7-17(19)20(16)22-11-14-24-12-9-15(21)10-13-24/h3-4,15H,1-2,5-14,21H2,(H,22,23). The van der Waals surface area contributed by atoms with Gasteiger partial charge in [0.2, 0.25) is 0 Å². The lowest BCUT2D eigenvalue weighted by Gasteiger charge is -2.30. The van der Waals surface area contributed by atoms with Crippen LogP contribution in [0.4, 0.5) is 5.69 Å². The molecule has 3 rings (SSSR count). The van der Waals surface area contributed by atoms with Crippen molar-refractivity contribution in [2.24, 2.45) is 5.73 Å². The number of likely N-dealkylation sites (tertiary alicyclic amines) is 1. The third-order valence-electron chi connectivity index (χ3n) is 5.30. The summed E-state index contributed by atoms with van der Waals surface area (Å²) in [4.78, 5) is 7.32. The Kier molecular flexibility index (Phi) is 5.69. The van der Waals surface area contributed by atoms with E-state index in [0.29, 0.717) is 6.04 Å². The summed E-state index contributed by atoms with van der Waals surface area (Å²) in [5.41, 5.74) is 11.9. The SMILES string of the molecule is C=Cc1nc2c(c(NCCN3CCC(N)CC3)c1C=C)CCCC2. The lowest BCUT2D eigenvalue weighted by molar-refractivity contribution is 0.220. The van der Waals surface area contributed by atoms with Gasteiger partial charge in [-0.25, -0.2) is 0 Å². The first kappa shape index (κ1) is 17.2. The van der Waals surface area contributed by atoms with E-state index in [2.05, 4.69) is 23.4 Å². The lowest BCUT2D eigenvalue weighted by atomic mass is 9.91. The number of hydrogen-bond donors (Lipinski definition) is 2. The van der Waals surface area contributed by atoms with Gasteiger partial charge in [0, 0.05) is 36.1 Å². The van der Waals surface area contributed by atoms with Crippen molar-refractivity contribution in [3.05, 3.63) is 35.7 Å². The summed E-state index contributed by atoms with van der Waals surface area (Å²) >= 11 is 0. The van der Waals surface area contributed by atoms with E-state index in [0.717, 1.165) is 63.1 Å². The molecule has 1 fully saturated rings. The minimum absolute atomic E-state index is 0.393. The van der Waals surface area contributed by atoms with Crippen LogP contribution >= 0.6 is 0 Å². The summed E-state index contributed by atoms with van der Waals surface area (Å²) in [6, 6.07) is 0.393. The lowest BCUT2D eigenvalue weighted by Crippen LogP contribution is -2.41. The number of fused-ring (bicyclic) bond motifs is 1. The molecule has 4 heteroatoms. The molecule has 24 heavy (non-hydrogen) atoms. The Morgan fingerprint density at radius 2 is 1.92 bits per heavy atom. The number of aromatic nitrogens is 1. The van der Waals surface area contributed by atoms with Gasteiger partial charge in [-0.3, -0.25) is 4.98 Å². The summed E-state index contributed by atoms with van der Waals surface area (Å²) in [5.74, 6) is 0. The van der Waals surface area contributed by atoms with E-state index in [1.807, 2.05) is 12.2 Å². The first-order valence-corrected chi connectivity index (χ1v) is 9.25. The number of piperidine rings is 1. The second-order valence-electron chi connectivity index (χ2n) is 6.93. The molecule has 2 heterocycles. The van der Waals surface area contributed by atoms with Gasteiger partial charge in [-0.15, -0.1) is 0 Å². The molecule has 1 saturated heterocycles. The largest absolute Gasteiger partial charge is 0.383 e. The predicted octanol–water partition coefficient (Wildman–Crippen LogP) is 3.08. The highest BCUT2D eigenvalue weighted by Crippen LogP contribution is 2.32. The molecular formula is C20H30N4. The molecule has 2 aliphatic rings. The van der Waals surface area contributed by atoms with Crippen molar-refractivity contribution in [2.75, 3.05) is 31.5 Å². The van der Waals surface area contributed by atoms with Gasteiger partial charge in [0.1, 0.15) is 0 Å². The van der Waals surface area contributed by atoms with E-state index in [-0.39, 0.29) is 0 Å². The van der Waals surface area contributed by atoms with Crippen molar-refractivity contribution in [3.8, 4) is 0 Å². The topological polar surface area (TPSA) is 54.2 Å². The van der Waals surface area contributed by atoms with Crippen molar-refractivity contribution >= 4 is 17.8 Å². The highest BCUT2D eigenvalue weighted by Gasteiger charge is 2.20. The Morgan fingerprint density at radius 3 is 2.62 bits per heavy atom. The quantitative estimate of drug-likeness (QED) is 0.843. The van der Waals surface area contributed by atoms with Gasteiger partial charge in [-0.05, 0) is 63.3 Å². The molecule has 1 aliphatic carbocycles. The third-order valence-corrected chi connectivity index (χ3v) is 5.30. The molecule has 0 unspecified atom stereocenters. The molecule has 130 valence electrons. The Balaban J connectivity index is 1.73. The van der Waals surface area contributed by atoms with E-state index in [1.54, 1.807) is 0 Å². The zero-order chi connectivity index (χ0) is 16.9. The van der Waals surface area contributed by atoms with Gasteiger partial charge >= 0.3 is 0 Å². The molecule has 0 radical (unpaired) electrons. The molecule has 4 nitrogen and oxygen atoms in total. The minimum Gasteiger partial charge on any atom is -0.383 e. The summed E-state index contributed by atoms with van der Waals surface area (Å²) in [6.45, 7) is 12.2. The number of aryl methyl sites for hydroxylation is 1. The van der Waals surface area contributed by atoms with Crippen LogP contribution in [-0.2, 0) is 12.8 Å². The van der Waals surface area contributed by atoms with Crippen molar-refractivity contribution < 1.29 is 0 Å². The smallest absolute Gasteiger partial charge is 0.0720 e. The van der Waals surface area contributed by atoms with Crippen LogP contribution in [0.1, 0.15) is 48.2 Å². The number of nitrogens with zero attached hydrogens (tertiary/aromatic N) is 2. The molecule has 0 aromatic carbocycles. The minimum atomic E-state index is 0.393. The second-order valence-corrected chi connectivity index (χ2v) is 6.93. The van der Waals surface area contributed by atoms with Gasteiger partial charge in [0.25, 0.3) is 0 Å². The van der Waals surface area contributed by atoms with Crippen molar-refractivity contribution in [2.45, 2.75) is 44.6 Å². The Labute approximate surface area is 145 Å². The summed E-state index contributed by atoms with van der Waals surface area (Å²) in [5, 5.41) is 3.69. The maximum absolute atomic E-state index is 5.99. The van der Waals surface area contributed by atoms with Crippen molar-refractivity contribution in [3.63, 3.8) is 0 Å². The highest BCUT2D eigenvalue weighted by molar-refractivity contribution is 5.76. The maximum atomic E-state index is 5.99. The van der Waals surface area contributed by atoms with Crippen molar-refractivity contribution in [1.29, 1.82) is 0 Å². The molecule has 1 aromatic rings. The maximum Gasteiger partial charge on any atom is 0.0720 e. The van der Waals surface area contributed by atoms with Crippen LogP contribution in [0.15, 0.2) is 13.2 Å². The van der Waals surface area contributed by atoms with E-state index in [1.165, 1.54) is 29.8 Å². The number of rotatable bonds is 6. The van der Waals surface area contributed by atoms with Crippen LogP contribution in [-0.4, -0.2) is 42.1 Å². The summed E-state index contributed by atoms with van der Waals surface area (Å²) < 4.78 is 0. The number of nitrogens with two attached hydrogens (primary N) is 1. The molecule has 0 spiro atoms. The second kappa shape index (κ2) is 7.95. The van der Waals surface area contributed by atoms with Gasteiger partial charge < -0.3 is 16.0 Å². The van der Waals surface area contributed by atoms with Gasteiger partial charge in [0.05, 0.1) is 5.69 Å².